The summed E-state index contributed by atoms with van der Waals surface area (Å²) in [4.78, 5) is 29.9. The highest BCUT2D eigenvalue weighted by molar-refractivity contribution is 9.10. The van der Waals surface area contributed by atoms with Crippen molar-refractivity contribution in [3.8, 4) is 11.5 Å². The summed E-state index contributed by atoms with van der Waals surface area (Å²) in [6.07, 6.45) is 1.42. The van der Waals surface area contributed by atoms with Gasteiger partial charge in [0, 0.05) is 16.0 Å². The normalized spacial score (nSPS) is 13.2. The lowest BCUT2D eigenvalue weighted by Crippen LogP contribution is -2.26. The van der Waals surface area contributed by atoms with Crippen molar-refractivity contribution in [1.82, 2.24) is 9.66 Å². The van der Waals surface area contributed by atoms with E-state index >= 15 is 0 Å². The lowest BCUT2D eigenvalue weighted by molar-refractivity contribution is -0.147. The molecule has 0 bridgehead atoms. The average Bonchev–Trinajstić information content (AvgIpc) is 2.83. The minimum Gasteiger partial charge on any atom is -0.493 e. The SMILES string of the molecule is CC[C@H](C)c1nc2ccc(Br)cc2c(=O)n1N=Cc1cccc(OC)c1O[C@@H](C)C(=O)OC. The lowest BCUT2D eigenvalue weighted by atomic mass is 10.1. The molecular formula is C24H26BrN3O5. The summed E-state index contributed by atoms with van der Waals surface area (Å²) in [6.45, 7) is 5.60. The van der Waals surface area contributed by atoms with E-state index in [-0.39, 0.29) is 11.5 Å². The number of halogens is 1. The molecule has 0 aliphatic rings. The van der Waals surface area contributed by atoms with Gasteiger partial charge >= 0.3 is 5.97 Å². The average molecular weight is 516 g/mol. The maximum atomic E-state index is 13.3. The first kappa shape index (κ1) is 24.4. The van der Waals surface area contributed by atoms with E-state index in [1.807, 2.05) is 26.0 Å². The second-order valence-electron chi connectivity index (χ2n) is 7.46. The van der Waals surface area contributed by atoms with E-state index < -0.39 is 12.1 Å². The molecule has 3 aromatic rings. The molecule has 0 radical (unpaired) electrons. The Kier molecular flexibility index (Phi) is 7.86. The fourth-order valence-corrected chi connectivity index (χ4v) is 3.57. The van der Waals surface area contributed by atoms with Crippen LogP contribution >= 0.6 is 15.9 Å². The zero-order valence-corrected chi connectivity index (χ0v) is 20.8. The molecule has 0 fully saturated rings. The van der Waals surface area contributed by atoms with Crippen LogP contribution in [0.15, 0.2) is 50.8 Å². The van der Waals surface area contributed by atoms with Crippen molar-refractivity contribution in [2.45, 2.75) is 39.2 Å². The number of hydrogen-bond donors (Lipinski definition) is 0. The van der Waals surface area contributed by atoms with Crippen molar-refractivity contribution in [3.63, 3.8) is 0 Å². The van der Waals surface area contributed by atoms with E-state index in [1.165, 1.54) is 25.1 Å². The number of benzene rings is 2. The van der Waals surface area contributed by atoms with Gasteiger partial charge in [0.15, 0.2) is 17.6 Å². The highest BCUT2D eigenvalue weighted by Gasteiger charge is 2.20. The predicted octanol–water partition coefficient (Wildman–Crippen LogP) is 4.50. The van der Waals surface area contributed by atoms with Crippen molar-refractivity contribution >= 4 is 39.0 Å². The fourth-order valence-electron chi connectivity index (χ4n) is 3.21. The van der Waals surface area contributed by atoms with Gasteiger partial charge in [-0.1, -0.05) is 35.8 Å². The standard InChI is InChI=1S/C24H26BrN3O5/c1-6-14(2)22-27-19-11-10-17(25)12-18(19)23(29)28(22)26-13-16-8-7-9-20(31-4)21(16)33-15(3)24(30)32-5/h7-15H,6H2,1-5H3/t14-,15-/m0/s1. The number of aromatic nitrogens is 2. The van der Waals surface area contributed by atoms with Crippen LogP contribution in [-0.4, -0.2) is 42.2 Å². The van der Waals surface area contributed by atoms with Crippen LogP contribution < -0.4 is 15.0 Å². The molecule has 2 atom stereocenters. The van der Waals surface area contributed by atoms with Crippen molar-refractivity contribution < 1.29 is 19.0 Å². The summed E-state index contributed by atoms with van der Waals surface area (Å²) in [5.41, 5.74) is 0.866. The van der Waals surface area contributed by atoms with Gasteiger partial charge in [0.1, 0.15) is 5.82 Å². The molecule has 1 aromatic heterocycles. The number of esters is 1. The van der Waals surface area contributed by atoms with Gasteiger partial charge in [0.25, 0.3) is 5.56 Å². The van der Waals surface area contributed by atoms with Crippen LogP contribution in [0, 0.1) is 0 Å². The van der Waals surface area contributed by atoms with E-state index in [2.05, 4.69) is 21.0 Å². The molecule has 174 valence electrons. The van der Waals surface area contributed by atoms with E-state index in [0.717, 1.165) is 10.9 Å². The van der Waals surface area contributed by atoms with E-state index in [1.54, 1.807) is 31.2 Å². The van der Waals surface area contributed by atoms with Crippen LogP contribution in [-0.2, 0) is 9.53 Å². The molecule has 9 heteroatoms. The maximum Gasteiger partial charge on any atom is 0.346 e. The largest absolute Gasteiger partial charge is 0.493 e. The van der Waals surface area contributed by atoms with E-state index in [9.17, 15) is 9.59 Å². The third kappa shape index (κ3) is 5.24. The maximum absolute atomic E-state index is 13.3. The fraction of sp³-hybridized carbons (Fsp3) is 0.333. The van der Waals surface area contributed by atoms with Crippen molar-refractivity contribution in [1.29, 1.82) is 0 Å². The summed E-state index contributed by atoms with van der Waals surface area (Å²) in [7, 11) is 2.79. The number of methoxy groups -OCH3 is 2. The Hall–Kier alpha value is -3.20. The predicted molar refractivity (Wildman–Crippen MR) is 131 cm³/mol. The molecule has 0 saturated carbocycles. The van der Waals surface area contributed by atoms with Gasteiger partial charge in [-0.3, -0.25) is 4.79 Å². The van der Waals surface area contributed by atoms with Gasteiger partial charge in [-0.05, 0) is 43.7 Å². The minimum absolute atomic E-state index is 0.00303. The number of ether oxygens (including phenoxy) is 3. The number of carbonyl (C=O) groups is 1. The van der Waals surface area contributed by atoms with Crippen LogP contribution in [0.5, 0.6) is 11.5 Å². The number of hydrogen-bond acceptors (Lipinski definition) is 7. The highest BCUT2D eigenvalue weighted by Crippen LogP contribution is 2.31. The third-order valence-electron chi connectivity index (χ3n) is 5.26. The molecule has 0 N–H and O–H groups in total. The molecule has 0 aliphatic heterocycles. The van der Waals surface area contributed by atoms with Gasteiger partial charge in [0.2, 0.25) is 0 Å². The van der Waals surface area contributed by atoms with Crippen LogP contribution in [0.4, 0.5) is 0 Å². The summed E-state index contributed by atoms with van der Waals surface area (Å²) in [6, 6.07) is 10.6. The Bertz CT molecular complexity index is 1250. The van der Waals surface area contributed by atoms with Crippen molar-refractivity contribution in [3.05, 3.63) is 62.6 Å². The van der Waals surface area contributed by atoms with Crippen molar-refractivity contribution in [2.75, 3.05) is 14.2 Å². The Morgan fingerprint density at radius 3 is 2.67 bits per heavy atom. The number of para-hydroxylation sites is 1. The molecule has 3 rings (SSSR count). The number of fused-ring (bicyclic) bond motifs is 1. The molecule has 33 heavy (non-hydrogen) atoms. The first-order valence-corrected chi connectivity index (χ1v) is 11.3. The van der Waals surface area contributed by atoms with Crippen LogP contribution in [0.1, 0.15) is 44.5 Å². The second-order valence-corrected chi connectivity index (χ2v) is 8.38. The second kappa shape index (κ2) is 10.6. The van der Waals surface area contributed by atoms with Gasteiger partial charge in [-0.2, -0.15) is 9.78 Å². The summed E-state index contributed by atoms with van der Waals surface area (Å²) in [5.74, 6) is 0.773. The molecule has 8 nitrogen and oxygen atoms in total. The Morgan fingerprint density at radius 1 is 1.24 bits per heavy atom. The topological polar surface area (TPSA) is 92.0 Å². The molecule has 0 saturated heterocycles. The number of rotatable bonds is 8. The molecular weight excluding hydrogens is 490 g/mol. The van der Waals surface area contributed by atoms with Crippen LogP contribution in [0.25, 0.3) is 10.9 Å². The molecule has 2 aromatic carbocycles. The number of carbonyl (C=O) groups excluding carboxylic acids is 1. The highest BCUT2D eigenvalue weighted by atomic mass is 79.9. The number of nitrogens with zero attached hydrogens (tertiary/aromatic N) is 3. The lowest BCUT2D eigenvalue weighted by Gasteiger charge is -2.17. The minimum atomic E-state index is -0.864. The van der Waals surface area contributed by atoms with Gasteiger partial charge in [-0.15, -0.1) is 0 Å². The summed E-state index contributed by atoms with van der Waals surface area (Å²) < 4.78 is 18.1. The monoisotopic (exact) mass is 515 g/mol. The molecule has 0 unspecified atom stereocenters. The molecule has 1 heterocycles. The first-order chi connectivity index (χ1) is 15.8. The Balaban J connectivity index is 2.15. The quantitative estimate of drug-likeness (QED) is 0.323. The Morgan fingerprint density at radius 2 is 2.00 bits per heavy atom. The summed E-state index contributed by atoms with van der Waals surface area (Å²) in [5, 5.41) is 4.94. The third-order valence-corrected chi connectivity index (χ3v) is 5.75. The molecule has 0 spiro atoms. The molecule has 0 aliphatic carbocycles. The van der Waals surface area contributed by atoms with Crippen LogP contribution in [0.3, 0.4) is 0 Å². The molecule has 0 amide bonds. The van der Waals surface area contributed by atoms with Crippen molar-refractivity contribution in [2.24, 2.45) is 5.10 Å². The van der Waals surface area contributed by atoms with Gasteiger partial charge in [-0.25, -0.2) is 9.78 Å². The Labute approximate surface area is 200 Å². The van der Waals surface area contributed by atoms with Crippen LogP contribution in [0.2, 0.25) is 0 Å². The zero-order chi connectivity index (χ0) is 24.1. The summed E-state index contributed by atoms with van der Waals surface area (Å²) >= 11 is 3.41. The first-order valence-electron chi connectivity index (χ1n) is 10.5. The van der Waals surface area contributed by atoms with Gasteiger partial charge in [0.05, 0.1) is 31.3 Å². The smallest absolute Gasteiger partial charge is 0.346 e. The van der Waals surface area contributed by atoms with E-state index in [0.29, 0.717) is 33.8 Å². The zero-order valence-electron chi connectivity index (χ0n) is 19.2. The van der Waals surface area contributed by atoms with Gasteiger partial charge < -0.3 is 14.2 Å². The van der Waals surface area contributed by atoms with E-state index in [4.69, 9.17) is 19.2 Å².